The standard InChI is InChI=1S/C29H39N3O3/c1-18(2)27-17-31-15-19(3)29(4,22-6-5-7-24(33)12-22)13-23(31)16-32(27)28(35)26-11-20-8-9-25(34)10-21(20)14-30-26/h5-10,12,18-19,23,26-27,30,33-34H,11,13-17H2,1-4H3/t19?,23?,26?,27?,29-/m1/s1. The van der Waals surface area contributed by atoms with Gasteiger partial charge in [-0.05, 0) is 71.0 Å². The summed E-state index contributed by atoms with van der Waals surface area (Å²) in [6.45, 7) is 12.3. The number of amides is 1. The highest BCUT2D eigenvalue weighted by atomic mass is 16.3. The maximum atomic E-state index is 13.9. The van der Waals surface area contributed by atoms with Crippen LogP contribution in [-0.4, -0.2) is 63.7 Å². The van der Waals surface area contributed by atoms with Crippen LogP contribution in [0.1, 0.15) is 50.8 Å². The van der Waals surface area contributed by atoms with Crippen molar-refractivity contribution < 1.29 is 15.0 Å². The van der Waals surface area contributed by atoms with Crippen LogP contribution >= 0.6 is 0 Å². The van der Waals surface area contributed by atoms with Crippen molar-refractivity contribution in [3.05, 3.63) is 59.2 Å². The summed E-state index contributed by atoms with van der Waals surface area (Å²) in [4.78, 5) is 18.7. The van der Waals surface area contributed by atoms with Gasteiger partial charge in [-0.25, -0.2) is 0 Å². The molecule has 3 N–H and O–H groups in total. The van der Waals surface area contributed by atoms with E-state index in [0.717, 1.165) is 37.2 Å². The minimum atomic E-state index is -0.236. The van der Waals surface area contributed by atoms with Crippen molar-refractivity contribution in [3.8, 4) is 11.5 Å². The Morgan fingerprint density at radius 1 is 1.06 bits per heavy atom. The number of fused-ring (bicyclic) bond motifs is 2. The molecule has 0 aliphatic carbocycles. The van der Waals surface area contributed by atoms with Gasteiger partial charge < -0.3 is 20.4 Å². The number of piperidine rings is 1. The molecule has 3 aliphatic heterocycles. The molecule has 5 rings (SSSR count). The van der Waals surface area contributed by atoms with Crippen LogP contribution in [0.5, 0.6) is 11.5 Å². The van der Waals surface area contributed by atoms with E-state index in [-0.39, 0.29) is 29.2 Å². The van der Waals surface area contributed by atoms with Gasteiger partial charge in [0, 0.05) is 38.3 Å². The molecule has 6 nitrogen and oxygen atoms in total. The first kappa shape index (κ1) is 24.1. The number of nitrogens with one attached hydrogen (secondary N) is 1. The van der Waals surface area contributed by atoms with E-state index in [1.54, 1.807) is 18.2 Å². The van der Waals surface area contributed by atoms with Crippen LogP contribution < -0.4 is 5.32 Å². The Balaban J connectivity index is 1.38. The zero-order chi connectivity index (χ0) is 24.9. The zero-order valence-electron chi connectivity index (χ0n) is 21.4. The van der Waals surface area contributed by atoms with E-state index in [2.05, 4.69) is 48.9 Å². The second-order valence-corrected chi connectivity index (χ2v) is 11.6. The molecule has 1 amide bonds. The van der Waals surface area contributed by atoms with Crippen LogP contribution in [0.15, 0.2) is 42.5 Å². The minimum absolute atomic E-state index is 0.0523. The summed E-state index contributed by atoms with van der Waals surface area (Å²) in [6, 6.07) is 13.4. The van der Waals surface area contributed by atoms with Crippen LogP contribution in [-0.2, 0) is 23.2 Å². The highest BCUT2D eigenvalue weighted by Crippen LogP contribution is 2.44. The number of benzene rings is 2. The topological polar surface area (TPSA) is 76.0 Å². The van der Waals surface area contributed by atoms with Gasteiger partial charge in [0.25, 0.3) is 0 Å². The van der Waals surface area contributed by atoms with Crippen LogP contribution in [0.25, 0.3) is 0 Å². The number of hydrogen-bond acceptors (Lipinski definition) is 5. The molecule has 2 aromatic rings. The molecule has 6 heteroatoms. The maximum absolute atomic E-state index is 13.9. The third kappa shape index (κ3) is 4.43. The average molecular weight is 478 g/mol. The van der Waals surface area contributed by atoms with Gasteiger partial charge in [-0.15, -0.1) is 0 Å². The predicted molar refractivity (Wildman–Crippen MR) is 137 cm³/mol. The summed E-state index contributed by atoms with van der Waals surface area (Å²) < 4.78 is 0. The molecule has 0 aromatic heterocycles. The van der Waals surface area contributed by atoms with E-state index in [0.29, 0.717) is 36.6 Å². The highest BCUT2D eigenvalue weighted by molar-refractivity contribution is 5.83. The average Bonchev–Trinajstić information content (AvgIpc) is 2.83. The van der Waals surface area contributed by atoms with Crippen LogP contribution in [0.3, 0.4) is 0 Å². The largest absolute Gasteiger partial charge is 0.508 e. The quantitative estimate of drug-likeness (QED) is 0.629. The molecule has 2 fully saturated rings. The molecule has 188 valence electrons. The van der Waals surface area contributed by atoms with Crippen molar-refractivity contribution in [2.24, 2.45) is 11.8 Å². The Labute approximate surface area is 208 Å². The third-order valence-corrected chi connectivity index (χ3v) is 9.01. The molecule has 4 unspecified atom stereocenters. The fourth-order valence-electron chi connectivity index (χ4n) is 6.59. The predicted octanol–water partition coefficient (Wildman–Crippen LogP) is 3.65. The number of piperazine rings is 1. The molecule has 2 aromatic carbocycles. The van der Waals surface area contributed by atoms with E-state index in [1.807, 2.05) is 18.2 Å². The molecule has 0 bridgehead atoms. The maximum Gasteiger partial charge on any atom is 0.240 e. The van der Waals surface area contributed by atoms with Crippen LogP contribution in [0, 0.1) is 11.8 Å². The normalized spacial score (nSPS) is 31.2. The zero-order valence-corrected chi connectivity index (χ0v) is 21.4. The van der Waals surface area contributed by atoms with E-state index in [1.165, 1.54) is 5.56 Å². The smallest absolute Gasteiger partial charge is 0.240 e. The lowest BCUT2D eigenvalue weighted by Gasteiger charge is -2.56. The molecule has 5 atom stereocenters. The van der Waals surface area contributed by atoms with Gasteiger partial charge in [-0.1, -0.05) is 45.9 Å². The molecule has 3 aliphatic rings. The third-order valence-electron chi connectivity index (χ3n) is 9.01. The van der Waals surface area contributed by atoms with Crippen molar-refractivity contribution >= 4 is 5.91 Å². The SMILES string of the molecule is CC(C)C1CN2CC(C)[C@](C)(c3cccc(O)c3)CC2CN1C(=O)C1Cc2ccc(O)cc2CN1. The van der Waals surface area contributed by atoms with Crippen molar-refractivity contribution in [1.82, 2.24) is 15.1 Å². The molecule has 0 radical (unpaired) electrons. The Morgan fingerprint density at radius 3 is 2.57 bits per heavy atom. The van der Waals surface area contributed by atoms with Crippen molar-refractivity contribution in [1.29, 1.82) is 0 Å². The van der Waals surface area contributed by atoms with Crippen LogP contribution in [0.4, 0.5) is 0 Å². The highest BCUT2D eigenvalue weighted by Gasteiger charge is 2.48. The van der Waals surface area contributed by atoms with E-state index in [9.17, 15) is 15.0 Å². The van der Waals surface area contributed by atoms with Gasteiger partial charge in [-0.2, -0.15) is 0 Å². The van der Waals surface area contributed by atoms with Gasteiger partial charge in [-0.3, -0.25) is 9.69 Å². The number of carbonyl (C=O) groups is 1. The molecular formula is C29H39N3O3. The monoisotopic (exact) mass is 477 g/mol. The van der Waals surface area contributed by atoms with Crippen molar-refractivity contribution in [2.75, 3.05) is 19.6 Å². The Kier molecular flexibility index (Phi) is 6.30. The molecule has 0 spiro atoms. The van der Waals surface area contributed by atoms with Gasteiger partial charge in [0.05, 0.1) is 6.04 Å². The first-order valence-electron chi connectivity index (χ1n) is 13.0. The summed E-state index contributed by atoms with van der Waals surface area (Å²) in [6.07, 6.45) is 1.62. The Morgan fingerprint density at radius 2 is 1.83 bits per heavy atom. The summed E-state index contributed by atoms with van der Waals surface area (Å²) in [5.74, 6) is 1.61. The number of nitrogens with zero attached hydrogens (tertiary/aromatic N) is 2. The van der Waals surface area contributed by atoms with Gasteiger partial charge >= 0.3 is 0 Å². The lowest BCUT2D eigenvalue weighted by Crippen LogP contribution is -2.67. The first-order chi connectivity index (χ1) is 16.7. The summed E-state index contributed by atoms with van der Waals surface area (Å²) in [5.41, 5.74) is 3.34. The van der Waals surface area contributed by atoms with Gasteiger partial charge in [0.2, 0.25) is 5.91 Å². The second kappa shape index (κ2) is 9.14. The molecule has 35 heavy (non-hydrogen) atoms. The van der Waals surface area contributed by atoms with E-state index < -0.39 is 0 Å². The van der Waals surface area contributed by atoms with Crippen molar-refractivity contribution in [3.63, 3.8) is 0 Å². The minimum Gasteiger partial charge on any atom is -0.508 e. The molecular weight excluding hydrogens is 438 g/mol. The van der Waals surface area contributed by atoms with Crippen molar-refractivity contribution in [2.45, 2.75) is 70.6 Å². The lowest BCUT2D eigenvalue weighted by molar-refractivity contribution is -0.144. The van der Waals surface area contributed by atoms with E-state index in [4.69, 9.17) is 0 Å². The second-order valence-electron chi connectivity index (χ2n) is 11.6. The molecule has 3 heterocycles. The Hall–Kier alpha value is -2.57. The number of phenolic OH excluding ortho intramolecular Hbond substituents is 2. The van der Waals surface area contributed by atoms with E-state index >= 15 is 0 Å². The lowest BCUT2D eigenvalue weighted by atomic mass is 9.65. The molecule has 0 saturated carbocycles. The fourth-order valence-corrected chi connectivity index (χ4v) is 6.59. The number of rotatable bonds is 3. The fraction of sp³-hybridized carbons (Fsp3) is 0.552. The van der Waals surface area contributed by atoms with Gasteiger partial charge in [0.1, 0.15) is 11.5 Å². The number of hydrogen-bond donors (Lipinski definition) is 3. The Bertz CT molecular complexity index is 1100. The van der Waals surface area contributed by atoms with Crippen LogP contribution in [0.2, 0.25) is 0 Å². The summed E-state index contributed by atoms with van der Waals surface area (Å²) >= 11 is 0. The number of phenols is 2. The summed E-state index contributed by atoms with van der Waals surface area (Å²) in [7, 11) is 0. The number of aromatic hydroxyl groups is 2. The number of carbonyl (C=O) groups excluding carboxylic acids is 1. The van der Waals surface area contributed by atoms with Gasteiger partial charge in [0.15, 0.2) is 0 Å². The first-order valence-corrected chi connectivity index (χ1v) is 13.0. The summed E-state index contributed by atoms with van der Waals surface area (Å²) in [5, 5.41) is 23.4. The molecule has 2 saturated heterocycles.